The predicted octanol–water partition coefficient (Wildman–Crippen LogP) is 3.82. The highest BCUT2D eigenvalue weighted by atomic mass is 14.9. The maximum absolute atomic E-state index is 2.21. The van der Waals surface area contributed by atoms with Gasteiger partial charge in [0.15, 0.2) is 24.8 Å². The summed E-state index contributed by atoms with van der Waals surface area (Å²) in [5, 5.41) is 2.58. The molecule has 2 heterocycles. The minimum Gasteiger partial charge on any atom is -0.208 e. The van der Waals surface area contributed by atoms with Crippen molar-refractivity contribution in [2.45, 2.75) is 0 Å². The number of aryl methyl sites for hydroxylation is 2. The standard InChI is InChI=1S/C22H20N2/c1-23-13-9-17(10-14-23)20-7-3-5-19-6-4-8-21(22(19)20)18-11-15-24(2)16-12-18/h3-16H,1-2H3/q+2. The van der Waals surface area contributed by atoms with E-state index in [1.54, 1.807) is 0 Å². The Labute approximate surface area is 142 Å². The summed E-state index contributed by atoms with van der Waals surface area (Å²) in [7, 11) is 4.09. The van der Waals surface area contributed by atoms with Crippen LogP contribution >= 0.6 is 0 Å². The molecule has 2 aromatic heterocycles. The first-order valence-electron chi connectivity index (χ1n) is 8.15. The Kier molecular flexibility index (Phi) is 3.58. The smallest absolute Gasteiger partial charge is 0.169 e. The van der Waals surface area contributed by atoms with Crippen molar-refractivity contribution >= 4 is 10.8 Å². The number of nitrogens with zero attached hydrogens (tertiary/aromatic N) is 2. The van der Waals surface area contributed by atoms with Crippen molar-refractivity contribution in [3.8, 4) is 22.3 Å². The average Bonchev–Trinajstić information content (AvgIpc) is 2.62. The minimum absolute atomic E-state index is 1.24. The lowest BCUT2D eigenvalue weighted by Crippen LogP contribution is -2.25. The van der Waals surface area contributed by atoms with Crippen molar-refractivity contribution < 1.29 is 9.13 Å². The maximum atomic E-state index is 2.21. The van der Waals surface area contributed by atoms with Gasteiger partial charge in [-0.15, -0.1) is 0 Å². The van der Waals surface area contributed by atoms with E-state index < -0.39 is 0 Å². The van der Waals surface area contributed by atoms with Crippen LogP contribution in [0.25, 0.3) is 33.0 Å². The number of hydrogen-bond donors (Lipinski definition) is 0. The largest absolute Gasteiger partial charge is 0.208 e. The first-order chi connectivity index (χ1) is 11.7. The van der Waals surface area contributed by atoms with Crippen LogP contribution in [0.4, 0.5) is 0 Å². The van der Waals surface area contributed by atoms with Crippen LogP contribution in [0.2, 0.25) is 0 Å². The Balaban J connectivity index is 2.01. The first kappa shape index (κ1) is 14.6. The highest BCUT2D eigenvalue weighted by Gasteiger charge is 2.11. The van der Waals surface area contributed by atoms with Gasteiger partial charge in [0, 0.05) is 24.3 Å². The van der Waals surface area contributed by atoms with E-state index in [2.05, 4.69) is 94.6 Å². The van der Waals surface area contributed by atoms with Crippen molar-refractivity contribution in [3.63, 3.8) is 0 Å². The van der Waals surface area contributed by atoms with Crippen LogP contribution < -0.4 is 9.13 Å². The van der Waals surface area contributed by atoms with Crippen molar-refractivity contribution in [1.29, 1.82) is 0 Å². The lowest BCUT2D eigenvalue weighted by Gasteiger charge is -2.11. The molecule has 0 saturated carbocycles. The molecule has 0 saturated heterocycles. The number of benzene rings is 2. The molecule has 4 rings (SSSR count). The molecule has 0 bridgehead atoms. The van der Waals surface area contributed by atoms with E-state index >= 15 is 0 Å². The molecule has 0 spiro atoms. The number of rotatable bonds is 2. The molecule has 0 atom stereocenters. The van der Waals surface area contributed by atoms with Gasteiger partial charge < -0.3 is 0 Å². The van der Waals surface area contributed by atoms with E-state index in [0.29, 0.717) is 0 Å². The Bertz CT molecular complexity index is 920. The summed E-state index contributed by atoms with van der Waals surface area (Å²) in [4.78, 5) is 0. The molecule has 2 nitrogen and oxygen atoms in total. The summed E-state index contributed by atoms with van der Waals surface area (Å²) < 4.78 is 4.12. The van der Waals surface area contributed by atoms with Crippen LogP contribution in [0.15, 0.2) is 85.5 Å². The Morgan fingerprint density at radius 1 is 0.542 bits per heavy atom. The molecule has 2 aromatic carbocycles. The molecule has 0 aliphatic heterocycles. The van der Waals surface area contributed by atoms with Crippen molar-refractivity contribution in [3.05, 3.63) is 85.5 Å². The molecule has 4 aromatic rings. The summed E-state index contributed by atoms with van der Waals surface area (Å²) >= 11 is 0. The van der Waals surface area contributed by atoms with Crippen LogP contribution in [-0.2, 0) is 14.1 Å². The third kappa shape index (κ3) is 2.56. The Morgan fingerprint density at radius 3 is 1.38 bits per heavy atom. The fraction of sp³-hybridized carbons (Fsp3) is 0.0909. The van der Waals surface area contributed by atoms with Crippen molar-refractivity contribution in [2.24, 2.45) is 14.1 Å². The summed E-state index contributed by atoms with van der Waals surface area (Å²) in [6.45, 7) is 0. The lowest BCUT2D eigenvalue weighted by atomic mass is 9.92. The topological polar surface area (TPSA) is 7.76 Å². The first-order valence-corrected chi connectivity index (χ1v) is 8.15. The van der Waals surface area contributed by atoms with Gasteiger partial charge in [0.1, 0.15) is 14.1 Å². The van der Waals surface area contributed by atoms with Gasteiger partial charge in [-0.25, -0.2) is 9.13 Å². The van der Waals surface area contributed by atoms with Crippen molar-refractivity contribution in [1.82, 2.24) is 0 Å². The summed E-state index contributed by atoms with van der Waals surface area (Å²) in [5.74, 6) is 0. The van der Waals surface area contributed by atoms with E-state index in [9.17, 15) is 0 Å². The molecular weight excluding hydrogens is 292 g/mol. The molecule has 0 aliphatic rings. The summed E-state index contributed by atoms with van der Waals surface area (Å²) in [6.07, 6.45) is 8.39. The number of hydrogen-bond acceptors (Lipinski definition) is 0. The monoisotopic (exact) mass is 312 g/mol. The predicted molar refractivity (Wildman–Crippen MR) is 97.2 cm³/mol. The Morgan fingerprint density at radius 2 is 0.958 bits per heavy atom. The molecule has 0 aliphatic carbocycles. The fourth-order valence-corrected chi connectivity index (χ4v) is 3.18. The minimum atomic E-state index is 1.24. The van der Waals surface area contributed by atoms with Crippen LogP contribution in [0.1, 0.15) is 0 Å². The SMILES string of the molecule is C[n+]1ccc(-c2cccc3cccc(-c4cc[n+](C)cc4)c23)cc1. The quantitative estimate of drug-likeness (QED) is 0.497. The molecule has 116 valence electrons. The zero-order chi connectivity index (χ0) is 16.5. The highest BCUT2D eigenvalue weighted by molar-refractivity contribution is 6.06. The molecule has 24 heavy (non-hydrogen) atoms. The van der Waals surface area contributed by atoms with Gasteiger partial charge in [-0.05, 0) is 33.0 Å². The number of fused-ring (bicyclic) bond motifs is 1. The second-order valence-electron chi connectivity index (χ2n) is 6.21. The normalized spacial score (nSPS) is 10.9. The molecule has 0 unspecified atom stereocenters. The zero-order valence-electron chi connectivity index (χ0n) is 14.0. The van der Waals surface area contributed by atoms with E-state index in [0.717, 1.165) is 0 Å². The molecular formula is C22H20N2+2. The van der Waals surface area contributed by atoms with Gasteiger partial charge >= 0.3 is 0 Å². The molecule has 0 N–H and O–H groups in total. The van der Waals surface area contributed by atoms with Crippen LogP contribution in [0.3, 0.4) is 0 Å². The number of aromatic nitrogens is 2. The van der Waals surface area contributed by atoms with Crippen LogP contribution in [0.5, 0.6) is 0 Å². The van der Waals surface area contributed by atoms with E-state index in [1.807, 2.05) is 14.1 Å². The third-order valence-electron chi connectivity index (χ3n) is 4.48. The number of pyridine rings is 2. The van der Waals surface area contributed by atoms with Crippen LogP contribution in [-0.4, -0.2) is 0 Å². The molecule has 0 fully saturated rings. The van der Waals surface area contributed by atoms with Crippen molar-refractivity contribution in [2.75, 3.05) is 0 Å². The average molecular weight is 312 g/mol. The van der Waals surface area contributed by atoms with Gasteiger partial charge in [-0.1, -0.05) is 36.4 Å². The highest BCUT2D eigenvalue weighted by Crippen LogP contribution is 2.35. The second kappa shape index (κ2) is 5.89. The fourth-order valence-electron chi connectivity index (χ4n) is 3.18. The lowest BCUT2D eigenvalue weighted by molar-refractivity contribution is -0.671. The second-order valence-corrected chi connectivity index (χ2v) is 6.21. The molecule has 0 radical (unpaired) electrons. The third-order valence-corrected chi connectivity index (χ3v) is 4.48. The van der Waals surface area contributed by atoms with Gasteiger partial charge in [0.05, 0.1) is 0 Å². The summed E-state index contributed by atoms with van der Waals surface area (Å²) in [6, 6.07) is 21.8. The van der Waals surface area contributed by atoms with E-state index in [1.165, 1.54) is 33.0 Å². The Hall–Kier alpha value is -3.00. The molecule has 2 heteroatoms. The van der Waals surface area contributed by atoms with E-state index in [4.69, 9.17) is 0 Å². The van der Waals surface area contributed by atoms with Gasteiger partial charge in [0.2, 0.25) is 0 Å². The maximum Gasteiger partial charge on any atom is 0.169 e. The van der Waals surface area contributed by atoms with Gasteiger partial charge in [-0.3, -0.25) is 0 Å². The summed E-state index contributed by atoms with van der Waals surface area (Å²) in [5.41, 5.74) is 5.04. The van der Waals surface area contributed by atoms with Crippen LogP contribution in [0, 0.1) is 0 Å². The zero-order valence-corrected chi connectivity index (χ0v) is 14.0. The van der Waals surface area contributed by atoms with Gasteiger partial charge in [-0.2, -0.15) is 0 Å². The molecule has 0 amide bonds. The van der Waals surface area contributed by atoms with E-state index in [-0.39, 0.29) is 0 Å². The van der Waals surface area contributed by atoms with Gasteiger partial charge in [0.25, 0.3) is 0 Å².